The minimum atomic E-state index is -0.329. The van der Waals surface area contributed by atoms with E-state index in [0.29, 0.717) is 12.2 Å². The van der Waals surface area contributed by atoms with Gasteiger partial charge in [0.1, 0.15) is 11.3 Å². The highest BCUT2D eigenvalue weighted by Crippen LogP contribution is 2.24. The van der Waals surface area contributed by atoms with Crippen molar-refractivity contribution in [2.75, 3.05) is 6.61 Å². The second-order valence-corrected chi connectivity index (χ2v) is 4.46. The number of rotatable bonds is 5. The molecule has 2 aromatic rings. The van der Waals surface area contributed by atoms with Crippen LogP contribution in [0.1, 0.15) is 31.7 Å². The molecule has 0 N–H and O–H groups in total. The third kappa shape index (κ3) is 2.92. The van der Waals surface area contributed by atoms with Gasteiger partial charge in [0.15, 0.2) is 0 Å². The van der Waals surface area contributed by atoms with Crippen LogP contribution in [-0.4, -0.2) is 6.61 Å². The molecule has 0 unspecified atom stereocenters. The summed E-state index contributed by atoms with van der Waals surface area (Å²) >= 11 is 0. The van der Waals surface area contributed by atoms with Crippen LogP contribution in [0, 0.1) is 6.92 Å². The molecule has 0 saturated carbocycles. The summed E-state index contributed by atoms with van der Waals surface area (Å²) in [6.07, 6.45) is 3.39. The Labute approximate surface area is 106 Å². The van der Waals surface area contributed by atoms with E-state index >= 15 is 0 Å². The van der Waals surface area contributed by atoms with Gasteiger partial charge in [-0.1, -0.05) is 19.8 Å². The molecule has 0 aliphatic rings. The number of aryl methyl sites for hydroxylation is 1. The molecule has 0 bridgehead atoms. The summed E-state index contributed by atoms with van der Waals surface area (Å²) in [5, 5.41) is 0.954. The largest absolute Gasteiger partial charge is 0.493 e. The van der Waals surface area contributed by atoms with Crippen LogP contribution in [0.2, 0.25) is 0 Å². The van der Waals surface area contributed by atoms with Crippen LogP contribution >= 0.6 is 0 Å². The molecule has 18 heavy (non-hydrogen) atoms. The lowest BCUT2D eigenvalue weighted by molar-refractivity contribution is 0.306. The topological polar surface area (TPSA) is 39.4 Å². The molecule has 0 aliphatic heterocycles. The van der Waals surface area contributed by atoms with Crippen molar-refractivity contribution in [1.82, 2.24) is 0 Å². The van der Waals surface area contributed by atoms with Gasteiger partial charge in [-0.2, -0.15) is 0 Å². The van der Waals surface area contributed by atoms with Crippen molar-refractivity contribution in [3.63, 3.8) is 0 Å². The van der Waals surface area contributed by atoms with Crippen LogP contribution in [0.15, 0.2) is 33.5 Å². The fourth-order valence-electron chi connectivity index (χ4n) is 1.95. The van der Waals surface area contributed by atoms with E-state index in [1.807, 2.05) is 13.0 Å². The number of hydrogen-bond donors (Lipinski definition) is 0. The number of unbranched alkanes of at least 4 members (excludes halogenated alkanes) is 2. The second kappa shape index (κ2) is 5.71. The van der Waals surface area contributed by atoms with Crippen LogP contribution in [-0.2, 0) is 0 Å². The maximum atomic E-state index is 11.2. The Morgan fingerprint density at radius 2 is 2.06 bits per heavy atom. The molecule has 0 amide bonds. The summed E-state index contributed by atoms with van der Waals surface area (Å²) < 4.78 is 10.8. The molecule has 0 atom stereocenters. The van der Waals surface area contributed by atoms with Crippen molar-refractivity contribution in [2.24, 2.45) is 0 Å². The van der Waals surface area contributed by atoms with Crippen molar-refractivity contribution < 1.29 is 9.15 Å². The minimum Gasteiger partial charge on any atom is -0.493 e. The zero-order chi connectivity index (χ0) is 13.0. The summed E-state index contributed by atoms with van der Waals surface area (Å²) in [4.78, 5) is 11.2. The van der Waals surface area contributed by atoms with Crippen LogP contribution in [0.4, 0.5) is 0 Å². The van der Waals surface area contributed by atoms with E-state index in [1.165, 1.54) is 18.9 Å². The second-order valence-electron chi connectivity index (χ2n) is 4.46. The first-order chi connectivity index (χ1) is 8.70. The number of hydrogen-bond acceptors (Lipinski definition) is 3. The lowest BCUT2D eigenvalue weighted by Crippen LogP contribution is -1.99. The van der Waals surface area contributed by atoms with Gasteiger partial charge in [-0.15, -0.1) is 0 Å². The van der Waals surface area contributed by atoms with Crippen molar-refractivity contribution in [3.05, 3.63) is 40.2 Å². The van der Waals surface area contributed by atoms with E-state index in [4.69, 9.17) is 9.15 Å². The van der Waals surface area contributed by atoms with Crippen molar-refractivity contribution in [3.8, 4) is 5.75 Å². The molecule has 1 aromatic heterocycles. The van der Waals surface area contributed by atoms with Crippen LogP contribution in [0.25, 0.3) is 11.0 Å². The normalized spacial score (nSPS) is 10.8. The molecule has 0 aliphatic carbocycles. The lowest BCUT2D eigenvalue weighted by atomic mass is 10.1. The van der Waals surface area contributed by atoms with E-state index in [2.05, 4.69) is 6.92 Å². The van der Waals surface area contributed by atoms with Crippen molar-refractivity contribution in [2.45, 2.75) is 33.1 Å². The van der Waals surface area contributed by atoms with Gasteiger partial charge in [0.2, 0.25) is 0 Å². The SMILES string of the molecule is CCCCCOc1cc(C)c2ccc(=O)oc2c1. The maximum Gasteiger partial charge on any atom is 0.336 e. The number of ether oxygens (including phenoxy) is 1. The van der Waals surface area contributed by atoms with Crippen molar-refractivity contribution in [1.29, 1.82) is 0 Å². The molecule has 1 aromatic carbocycles. The highest BCUT2D eigenvalue weighted by atomic mass is 16.5. The molecular weight excluding hydrogens is 228 g/mol. The first-order valence-corrected chi connectivity index (χ1v) is 6.38. The summed E-state index contributed by atoms with van der Waals surface area (Å²) in [7, 11) is 0. The monoisotopic (exact) mass is 246 g/mol. The van der Waals surface area contributed by atoms with E-state index in [1.54, 1.807) is 12.1 Å². The number of fused-ring (bicyclic) bond motifs is 1. The third-order valence-electron chi connectivity index (χ3n) is 2.94. The van der Waals surface area contributed by atoms with Gasteiger partial charge in [-0.05, 0) is 31.0 Å². The third-order valence-corrected chi connectivity index (χ3v) is 2.94. The van der Waals surface area contributed by atoms with Gasteiger partial charge in [-0.25, -0.2) is 4.79 Å². The Morgan fingerprint density at radius 1 is 1.22 bits per heavy atom. The van der Waals surface area contributed by atoms with Gasteiger partial charge >= 0.3 is 5.63 Å². The quantitative estimate of drug-likeness (QED) is 0.597. The Bertz CT molecular complexity index is 584. The molecular formula is C15H18O3. The standard InChI is InChI=1S/C15H18O3/c1-3-4-5-8-17-12-9-11(2)13-6-7-15(16)18-14(13)10-12/h6-7,9-10H,3-5,8H2,1-2H3. The van der Waals surface area contributed by atoms with Gasteiger partial charge in [0.25, 0.3) is 0 Å². The minimum absolute atomic E-state index is 0.329. The molecule has 0 spiro atoms. The smallest absolute Gasteiger partial charge is 0.336 e. The molecule has 96 valence electrons. The Kier molecular flexibility index (Phi) is 4.03. The summed E-state index contributed by atoms with van der Waals surface area (Å²) in [6.45, 7) is 4.85. The molecule has 0 fully saturated rings. The average Bonchev–Trinajstić information content (AvgIpc) is 2.34. The lowest BCUT2D eigenvalue weighted by Gasteiger charge is -2.08. The summed E-state index contributed by atoms with van der Waals surface area (Å²) in [5.41, 5.74) is 1.32. The van der Waals surface area contributed by atoms with Crippen LogP contribution < -0.4 is 10.4 Å². The van der Waals surface area contributed by atoms with Gasteiger partial charge in [-0.3, -0.25) is 0 Å². The van der Waals surface area contributed by atoms with E-state index in [0.717, 1.165) is 23.1 Å². The Hall–Kier alpha value is -1.77. The molecule has 0 radical (unpaired) electrons. The van der Waals surface area contributed by atoms with E-state index < -0.39 is 0 Å². The highest BCUT2D eigenvalue weighted by Gasteiger charge is 2.04. The van der Waals surface area contributed by atoms with E-state index in [-0.39, 0.29) is 5.63 Å². The average molecular weight is 246 g/mol. The highest BCUT2D eigenvalue weighted by molar-refractivity contribution is 5.81. The maximum absolute atomic E-state index is 11.2. The first kappa shape index (κ1) is 12.7. The van der Waals surface area contributed by atoms with Crippen molar-refractivity contribution >= 4 is 11.0 Å². The molecule has 0 saturated heterocycles. The molecule has 1 heterocycles. The predicted octanol–water partition coefficient (Wildman–Crippen LogP) is 3.67. The Balaban J connectivity index is 2.22. The van der Waals surface area contributed by atoms with Crippen LogP contribution in [0.3, 0.4) is 0 Å². The fourth-order valence-corrected chi connectivity index (χ4v) is 1.95. The van der Waals surface area contributed by atoms with Gasteiger partial charge < -0.3 is 9.15 Å². The predicted molar refractivity (Wildman–Crippen MR) is 72.2 cm³/mol. The van der Waals surface area contributed by atoms with Crippen LogP contribution in [0.5, 0.6) is 5.75 Å². The Morgan fingerprint density at radius 3 is 2.83 bits per heavy atom. The zero-order valence-corrected chi connectivity index (χ0v) is 10.9. The molecule has 3 heteroatoms. The first-order valence-electron chi connectivity index (χ1n) is 6.38. The molecule has 3 nitrogen and oxygen atoms in total. The zero-order valence-electron chi connectivity index (χ0n) is 10.9. The fraction of sp³-hybridized carbons (Fsp3) is 0.400. The van der Waals surface area contributed by atoms with E-state index in [9.17, 15) is 4.79 Å². The summed E-state index contributed by atoms with van der Waals surface area (Å²) in [6, 6.07) is 7.00. The van der Waals surface area contributed by atoms with Gasteiger partial charge in [0, 0.05) is 17.5 Å². The summed E-state index contributed by atoms with van der Waals surface area (Å²) in [5.74, 6) is 0.769. The van der Waals surface area contributed by atoms with Gasteiger partial charge in [0.05, 0.1) is 6.61 Å². The molecule has 2 rings (SSSR count). The number of benzene rings is 1.